The Morgan fingerprint density at radius 1 is 1.21 bits per heavy atom. The molecule has 1 aliphatic rings. The second kappa shape index (κ2) is 6.17. The Bertz CT molecular complexity index is 839. The first-order chi connectivity index (χ1) is 11.7. The molecular weight excluding hydrogens is 302 g/mol. The van der Waals surface area contributed by atoms with Crippen LogP contribution in [0.15, 0.2) is 59.6 Å². The first kappa shape index (κ1) is 15.8. The van der Waals surface area contributed by atoms with E-state index in [4.69, 9.17) is 9.73 Å². The Kier molecular flexibility index (Phi) is 4.05. The number of amides is 1. The number of fused-ring (bicyclic) bond motifs is 1. The molecule has 0 spiro atoms. The molecule has 1 heterocycles. The van der Waals surface area contributed by atoms with Gasteiger partial charge < -0.3 is 4.74 Å². The molecule has 0 aromatic heterocycles. The summed E-state index contributed by atoms with van der Waals surface area (Å²) in [7, 11) is 1.30. The van der Waals surface area contributed by atoms with E-state index in [0.29, 0.717) is 17.8 Å². The first-order valence-electron chi connectivity index (χ1n) is 7.71. The summed E-state index contributed by atoms with van der Waals surface area (Å²) in [6, 6.07) is 19.3. The number of hydrogen-bond acceptors (Lipinski definition) is 4. The molecule has 1 amide bonds. The molecule has 0 saturated carbocycles. The van der Waals surface area contributed by atoms with Crippen molar-refractivity contribution in [2.45, 2.75) is 19.0 Å². The van der Waals surface area contributed by atoms with Crippen LogP contribution in [-0.2, 0) is 4.74 Å². The van der Waals surface area contributed by atoms with Crippen molar-refractivity contribution in [2.75, 3.05) is 12.0 Å². The van der Waals surface area contributed by atoms with Gasteiger partial charge in [-0.25, -0.2) is 14.7 Å². The summed E-state index contributed by atoms with van der Waals surface area (Å²) in [5, 5.41) is 9.84. The second-order valence-corrected chi connectivity index (χ2v) is 5.43. The number of para-hydroxylation sites is 1. The molecule has 5 nitrogen and oxygen atoms in total. The van der Waals surface area contributed by atoms with Crippen LogP contribution >= 0.6 is 0 Å². The van der Waals surface area contributed by atoms with Crippen molar-refractivity contribution >= 4 is 17.5 Å². The largest absolute Gasteiger partial charge is 0.452 e. The fourth-order valence-electron chi connectivity index (χ4n) is 2.91. The smallest absolute Gasteiger partial charge is 0.416 e. The number of hydrogen-bond donors (Lipinski definition) is 0. The van der Waals surface area contributed by atoms with E-state index in [1.807, 2.05) is 61.5 Å². The number of carbonyl (C=O) groups is 1. The van der Waals surface area contributed by atoms with Crippen LogP contribution in [0.25, 0.3) is 0 Å². The highest BCUT2D eigenvalue weighted by atomic mass is 16.5. The van der Waals surface area contributed by atoms with Crippen molar-refractivity contribution in [3.8, 4) is 6.07 Å². The van der Waals surface area contributed by atoms with Crippen LogP contribution in [0.3, 0.4) is 0 Å². The quantitative estimate of drug-likeness (QED) is 0.847. The highest BCUT2D eigenvalue weighted by Crippen LogP contribution is 2.38. The first-order valence-corrected chi connectivity index (χ1v) is 7.71. The lowest BCUT2D eigenvalue weighted by atomic mass is 9.93. The Hall–Kier alpha value is -3.13. The van der Waals surface area contributed by atoms with Gasteiger partial charge in [0.2, 0.25) is 5.66 Å². The lowest BCUT2D eigenvalue weighted by molar-refractivity contribution is 0.172. The summed E-state index contributed by atoms with van der Waals surface area (Å²) in [6.07, 6.45) is -0.245. The van der Waals surface area contributed by atoms with Crippen molar-refractivity contribution in [3.63, 3.8) is 0 Å². The maximum absolute atomic E-state index is 12.4. The van der Waals surface area contributed by atoms with E-state index in [-0.39, 0.29) is 0 Å². The highest BCUT2D eigenvalue weighted by molar-refractivity contribution is 6.19. The van der Waals surface area contributed by atoms with Gasteiger partial charge in [-0.2, -0.15) is 5.26 Å². The third-order valence-corrected chi connectivity index (χ3v) is 4.14. The van der Waals surface area contributed by atoms with Gasteiger partial charge in [-0.05, 0) is 6.07 Å². The number of ether oxygens (including phenoxy) is 1. The SMILES string of the molecule is CC[C@@]1(C#N)N=C(c2ccccc2)c2ccccc2N1C(=O)OC. The zero-order valence-electron chi connectivity index (χ0n) is 13.6. The van der Waals surface area contributed by atoms with Crippen LogP contribution in [0.4, 0.5) is 10.5 Å². The van der Waals surface area contributed by atoms with Crippen LogP contribution in [0.5, 0.6) is 0 Å². The minimum atomic E-state index is -1.33. The van der Waals surface area contributed by atoms with Crippen molar-refractivity contribution < 1.29 is 9.53 Å². The summed E-state index contributed by atoms with van der Waals surface area (Å²) >= 11 is 0. The van der Waals surface area contributed by atoms with Crippen LogP contribution in [0.1, 0.15) is 24.5 Å². The highest BCUT2D eigenvalue weighted by Gasteiger charge is 2.45. The Balaban J connectivity index is 2.31. The minimum absolute atomic E-state index is 0.350. The minimum Gasteiger partial charge on any atom is -0.452 e. The number of nitrogens with zero attached hydrogens (tertiary/aromatic N) is 3. The van der Waals surface area contributed by atoms with Crippen molar-refractivity contribution in [1.82, 2.24) is 0 Å². The monoisotopic (exact) mass is 319 g/mol. The average molecular weight is 319 g/mol. The van der Waals surface area contributed by atoms with Crippen molar-refractivity contribution in [1.29, 1.82) is 5.26 Å². The third kappa shape index (κ3) is 2.33. The Labute approximate surface area is 140 Å². The number of nitriles is 1. The molecule has 2 aromatic rings. The van der Waals surface area contributed by atoms with Gasteiger partial charge in [0.25, 0.3) is 0 Å². The maximum Gasteiger partial charge on any atom is 0.416 e. The number of aliphatic imine (C=N–C) groups is 1. The van der Waals surface area contributed by atoms with Gasteiger partial charge >= 0.3 is 6.09 Å². The molecule has 3 rings (SSSR count). The van der Waals surface area contributed by atoms with E-state index in [1.165, 1.54) is 12.0 Å². The molecule has 2 aromatic carbocycles. The molecule has 1 aliphatic heterocycles. The molecule has 0 unspecified atom stereocenters. The summed E-state index contributed by atoms with van der Waals surface area (Å²) in [6.45, 7) is 1.83. The van der Waals surface area contributed by atoms with Gasteiger partial charge in [-0.15, -0.1) is 0 Å². The van der Waals surface area contributed by atoms with E-state index >= 15 is 0 Å². The number of carbonyl (C=O) groups excluding carboxylic acids is 1. The topological polar surface area (TPSA) is 65.7 Å². The van der Waals surface area contributed by atoms with Gasteiger partial charge in [0.1, 0.15) is 6.07 Å². The molecule has 0 bridgehead atoms. The number of rotatable bonds is 2. The van der Waals surface area contributed by atoms with Crippen LogP contribution < -0.4 is 4.90 Å². The molecule has 0 fully saturated rings. The molecule has 0 saturated heterocycles. The molecule has 5 heteroatoms. The molecule has 0 radical (unpaired) electrons. The lowest BCUT2D eigenvalue weighted by Gasteiger charge is -2.39. The standard InChI is InChI=1S/C19H17N3O2/c1-3-19(13-20)21-17(14-9-5-4-6-10-14)15-11-7-8-12-16(15)22(19)18(23)24-2/h4-12H,3H2,1-2H3/t19-/m1/s1. The molecule has 1 atom stereocenters. The molecule has 0 N–H and O–H groups in total. The molecule has 0 aliphatic carbocycles. The van der Waals surface area contributed by atoms with Crippen molar-refractivity contribution in [3.05, 3.63) is 65.7 Å². The number of anilines is 1. The van der Waals surface area contributed by atoms with Crippen LogP contribution in [-0.4, -0.2) is 24.6 Å². The predicted octanol–water partition coefficient (Wildman–Crippen LogP) is 3.74. The fraction of sp³-hybridized carbons (Fsp3) is 0.211. The summed E-state index contributed by atoms with van der Waals surface area (Å²) in [5.74, 6) is 0. The van der Waals surface area contributed by atoms with E-state index in [2.05, 4.69) is 6.07 Å². The Morgan fingerprint density at radius 3 is 2.50 bits per heavy atom. The molecule has 24 heavy (non-hydrogen) atoms. The van der Waals surface area contributed by atoms with Gasteiger partial charge in [0.15, 0.2) is 0 Å². The predicted molar refractivity (Wildman–Crippen MR) is 92.0 cm³/mol. The zero-order chi connectivity index (χ0) is 17.2. The van der Waals surface area contributed by atoms with Crippen LogP contribution in [0, 0.1) is 11.3 Å². The van der Waals surface area contributed by atoms with Gasteiger partial charge in [-0.3, -0.25) is 0 Å². The van der Waals surface area contributed by atoms with E-state index in [0.717, 1.165) is 11.1 Å². The Morgan fingerprint density at radius 2 is 1.88 bits per heavy atom. The van der Waals surface area contributed by atoms with Gasteiger partial charge in [0, 0.05) is 17.5 Å². The molecule has 120 valence electrons. The van der Waals surface area contributed by atoms with Gasteiger partial charge in [-0.1, -0.05) is 55.5 Å². The number of benzene rings is 2. The van der Waals surface area contributed by atoms with Crippen molar-refractivity contribution in [2.24, 2.45) is 4.99 Å². The summed E-state index contributed by atoms with van der Waals surface area (Å²) in [5.41, 5.74) is 1.71. The fourth-order valence-corrected chi connectivity index (χ4v) is 2.91. The molecular formula is C19H17N3O2. The van der Waals surface area contributed by atoms with Crippen LogP contribution in [0.2, 0.25) is 0 Å². The zero-order valence-corrected chi connectivity index (χ0v) is 13.6. The normalized spacial score (nSPS) is 19.0. The van der Waals surface area contributed by atoms with E-state index < -0.39 is 11.8 Å². The second-order valence-electron chi connectivity index (χ2n) is 5.43. The third-order valence-electron chi connectivity index (χ3n) is 4.14. The maximum atomic E-state index is 12.4. The summed E-state index contributed by atoms with van der Waals surface area (Å²) < 4.78 is 4.91. The average Bonchev–Trinajstić information content (AvgIpc) is 2.66. The summed E-state index contributed by atoms with van der Waals surface area (Å²) in [4.78, 5) is 18.4. The number of methoxy groups -OCH3 is 1. The van der Waals surface area contributed by atoms with E-state index in [9.17, 15) is 10.1 Å². The van der Waals surface area contributed by atoms with E-state index in [1.54, 1.807) is 0 Å². The van der Waals surface area contributed by atoms with Gasteiger partial charge in [0.05, 0.1) is 18.5 Å². The lowest BCUT2D eigenvalue weighted by Crippen LogP contribution is -2.53.